The molecule has 0 aliphatic heterocycles. The molecule has 0 bridgehead atoms. The number of benzene rings is 1. The van der Waals surface area contributed by atoms with Crippen LogP contribution in [0.25, 0.3) is 5.57 Å². The maximum Gasteiger partial charge on any atom is 0.356 e. The highest BCUT2D eigenvalue weighted by molar-refractivity contribution is 6.28. The molecule has 1 aliphatic carbocycles. The first-order valence-corrected chi connectivity index (χ1v) is 6.17. The van der Waals surface area contributed by atoms with E-state index < -0.39 is 5.97 Å². The first-order valence-electron chi connectivity index (χ1n) is 6.17. The van der Waals surface area contributed by atoms with Gasteiger partial charge >= 0.3 is 5.97 Å². The Morgan fingerprint density at radius 3 is 2.90 bits per heavy atom. The average molecular weight is 268 g/mol. The zero-order chi connectivity index (χ0) is 14.1. The Morgan fingerprint density at radius 1 is 1.30 bits per heavy atom. The predicted octanol–water partition coefficient (Wildman–Crippen LogP) is 2.02. The van der Waals surface area contributed by atoms with Gasteiger partial charge < -0.3 is 9.72 Å². The second-order valence-corrected chi connectivity index (χ2v) is 4.45. The summed E-state index contributed by atoms with van der Waals surface area (Å²) >= 11 is 0. The Kier molecular flexibility index (Phi) is 2.95. The Morgan fingerprint density at radius 2 is 2.10 bits per heavy atom. The number of allylic oxidation sites excluding steroid dienone is 2. The van der Waals surface area contributed by atoms with Crippen molar-refractivity contribution in [2.45, 2.75) is 6.42 Å². The summed E-state index contributed by atoms with van der Waals surface area (Å²) in [7, 11) is 1.28. The van der Waals surface area contributed by atoms with Crippen LogP contribution in [0.5, 0.6) is 0 Å². The lowest BCUT2D eigenvalue weighted by molar-refractivity contribution is 0.0594. The van der Waals surface area contributed by atoms with Crippen molar-refractivity contribution in [3.8, 4) is 0 Å². The maximum absolute atomic E-state index is 12.4. The number of hydrogen-bond donors (Lipinski definition) is 1. The van der Waals surface area contributed by atoms with Gasteiger partial charge in [0, 0.05) is 5.57 Å². The minimum Gasteiger partial charge on any atom is -0.464 e. The number of H-pyrrole nitrogens is 1. The lowest BCUT2D eigenvalue weighted by atomic mass is 10.0. The minimum atomic E-state index is -0.544. The molecular weight excluding hydrogens is 256 g/mol. The van der Waals surface area contributed by atoms with Crippen molar-refractivity contribution in [2.75, 3.05) is 7.11 Å². The van der Waals surface area contributed by atoms with E-state index in [1.807, 2.05) is 30.3 Å². The van der Waals surface area contributed by atoms with Crippen LogP contribution in [0, 0.1) is 0 Å². The van der Waals surface area contributed by atoms with Crippen molar-refractivity contribution in [3.63, 3.8) is 0 Å². The number of fused-ring (bicyclic) bond motifs is 1. The number of nitrogens with one attached hydrogen (secondary N) is 1. The topological polar surface area (TPSA) is 72.0 Å². The normalized spacial score (nSPS) is 12.8. The molecule has 0 radical (unpaired) electrons. The van der Waals surface area contributed by atoms with Gasteiger partial charge in [0.1, 0.15) is 5.69 Å². The molecular formula is C15H12N2O3. The molecule has 20 heavy (non-hydrogen) atoms. The Bertz CT molecular complexity index is 728. The van der Waals surface area contributed by atoms with Gasteiger partial charge in [-0.25, -0.2) is 9.78 Å². The molecule has 1 N–H and O–H groups in total. The number of nitrogens with zero attached hydrogens (tertiary/aromatic N) is 1. The molecule has 0 saturated carbocycles. The third kappa shape index (κ3) is 1.93. The highest BCUT2D eigenvalue weighted by Crippen LogP contribution is 2.29. The second-order valence-electron chi connectivity index (χ2n) is 4.45. The smallest absolute Gasteiger partial charge is 0.356 e. The van der Waals surface area contributed by atoms with Gasteiger partial charge in [-0.3, -0.25) is 4.79 Å². The van der Waals surface area contributed by atoms with Crippen LogP contribution in [0.3, 0.4) is 0 Å². The van der Waals surface area contributed by atoms with Crippen molar-refractivity contribution in [3.05, 3.63) is 59.2 Å². The van der Waals surface area contributed by atoms with E-state index >= 15 is 0 Å². The highest BCUT2D eigenvalue weighted by Gasteiger charge is 2.23. The fourth-order valence-electron chi connectivity index (χ4n) is 2.28. The first-order chi connectivity index (χ1) is 9.70. The molecule has 2 aromatic rings. The summed E-state index contributed by atoms with van der Waals surface area (Å²) < 4.78 is 4.57. The number of rotatable bonds is 3. The summed E-state index contributed by atoms with van der Waals surface area (Å²) in [6.45, 7) is 0. The van der Waals surface area contributed by atoms with E-state index in [4.69, 9.17) is 0 Å². The number of methoxy groups -OCH3 is 1. The molecule has 5 nitrogen and oxygen atoms in total. The number of carbonyl (C=O) groups excluding carboxylic acids is 2. The van der Waals surface area contributed by atoms with E-state index in [1.54, 1.807) is 0 Å². The largest absolute Gasteiger partial charge is 0.464 e. The molecule has 0 atom stereocenters. The van der Waals surface area contributed by atoms with Gasteiger partial charge in [0.25, 0.3) is 0 Å². The molecule has 0 fully saturated rings. The fraction of sp³-hybridized carbons (Fsp3) is 0.133. The summed E-state index contributed by atoms with van der Waals surface area (Å²) in [4.78, 5) is 30.4. The van der Waals surface area contributed by atoms with Crippen LogP contribution in [-0.4, -0.2) is 28.8 Å². The van der Waals surface area contributed by atoms with Crippen LogP contribution in [-0.2, 0) is 11.2 Å². The molecule has 1 aromatic carbocycles. The van der Waals surface area contributed by atoms with Gasteiger partial charge in [-0.05, 0) is 17.5 Å². The number of carbonyl (C=O) groups is 2. The van der Waals surface area contributed by atoms with Gasteiger partial charge in [0.05, 0.1) is 13.3 Å². The lowest BCUT2D eigenvalue weighted by Crippen LogP contribution is -2.06. The van der Waals surface area contributed by atoms with Crippen molar-refractivity contribution < 1.29 is 14.3 Å². The summed E-state index contributed by atoms with van der Waals surface area (Å²) in [6.07, 6.45) is 3.93. The summed E-state index contributed by atoms with van der Waals surface area (Å²) in [5.74, 6) is -0.615. The molecule has 0 unspecified atom stereocenters. The monoisotopic (exact) mass is 268 g/mol. The van der Waals surface area contributed by atoms with Crippen molar-refractivity contribution >= 4 is 17.3 Å². The van der Waals surface area contributed by atoms with E-state index in [9.17, 15) is 9.59 Å². The molecule has 1 aromatic heterocycles. The van der Waals surface area contributed by atoms with Gasteiger partial charge in [0.15, 0.2) is 5.82 Å². The van der Waals surface area contributed by atoms with Crippen molar-refractivity contribution in [2.24, 2.45) is 0 Å². The Labute approximate surface area is 115 Å². The fourth-order valence-corrected chi connectivity index (χ4v) is 2.28. The molecule has 3 rings (SSSR count). The van der Waals surface area contributed by atoms with Crippen molar-refractivity contribution in [1.82, 2.24) is 9.97 Å². The third-order valence-electron chi connectivity index (χ3n) is 3.27. The van der Waals surface area contributed by atoms with Gasteiger partial charge in [-0.15, -0.1) is 0 Å². The number of hydrogen-bond acceptors (Lipinski definition) is 4. The van der Waals surface area contributed by atoms with E-state index in [0.717, 1.165) is 17.5 Å². The third-order valence-corrected chi connectivity index (χ3v) is 3.27. The number of ether oxygens (including phenoxy) is 1. The van der Waals surface area contributed by atoms with Crippen LogP contribution in [0.2, 0.25) is 0 Å². The van der Waals surface area contributed by atoms with Crippen LogP contribution in [0.15, 0.2) is 36.5 Å². The molecule has 5 heteroatoms. The predicted molar refractivity (Wildman–Crippen MR) is 72.4 cm³/mol. The lowest BCUT2D eigenvalue weighted by Gasteiger charge is -2.02. The van der Waals surface area contributed by atoms with Crippen LogP contribution < -0.4 is 0 Å². The number of aromatic nitrogens is 2. The molecule has 0 saturated heterocycles. The Hall–Kier alpha value is -2.69. The SMILES string of the molecule is COC(=O)c1cnc(C(=O)C2=CCc3ccccc32)[nH]1. The Balaban J connectivity index is 1.91. The van der Waals surface area contributed by atoms with Crippen LogP contribution in [0.1, 0.15) is 32.2 Å². The molecule has 1 aliphatic rings. The number of Topliss-reactive ketones (excluding diaryl/α,β-unsaturated/α-hetero) is 1. The number of aromatic amines is 1. The van der Waals surface area contributed by atoms with E-state index in [0.29, 0.717) is 5.57 Å². The first kappa shape index (κ1) is 12.3. The zero-order valence-corrected chi connectivity index (χ0v) is 10.8. The van der Waals surface area contributed by atoms with E-state index in [-0.39, 0.29) is 17.3 Å². The van der Waals surface area contributed by atoms with Gasteiger partial charge in [0.2, 0.25) is 5.78 Å². The molecule has 1 heterocycles. The standard InChI is InChI=1S/C15H12N2O3/c1-20-15(19)12-8-16-14(17-12)13(18)11-7-6-9-4-2-3-5-10(9)11/h2-5,7-8H,6H2,1H3,(H,16,17). The quantitative estimate of drug-likeness (QED) is 0.682. The molecule has 0 spiro atoms. The summed E-state index contributed by atoms with van der Waals surface area (Å²) in [5.41, 5.74) is 2.83. The second kappa shape index (κ2) is 4.77. The molecule has 100 valence electrons. The van der Waals surface area contributed by atoms with Crippen LogP contribution in [0.4, 0.5) is 0 Å². The van der Waals surface area contributed by atoms with Crippen LogP contribution >= 0.6 is 0 Å². The van der Waals surface area contributed by atoms with Gasteiger partial charge in [-0.2, -0.15) is 0 Å². The van der Waals surface area contributed by atoms with E-state index in [1.165, 1.54) is 13.3 Å². The number of esters is 1. The average Bonchev–Trinajstić information content (AvgIpc) is 3.12. The van der Waals surface area contributed by atoms with Crippen molar-refractivity contribution in [1.29, 1.82) is 0 Å². The minimum absolute atomic E-state index is 0.147. The summed E-state index contributed by atoms with van der Waals surface area (Å²) in [6, 6.07) is 7.75. The van der Waals surface area contributed by atoms with E-state index in [2.05, 4.69) is 14.7 Å². The van der Waals surface area contributed by atoms with Gasteiger partial charge in [-0.1, -0.05) is 30.3 Å². The highest BCUT2D eigenvalue weighted by atomic mass is 16.5. The number of imidazole rings is 1. The zero-order valence-electron chi connectivity index (χ0n) is 10.8. The maximum atomic E-state index is 12.4. The number of ketones is 1. The molecule has 0 amide bonds. The summed E-state index contributed by atoms with van der Waals surface area (Å²) in [5, 5.41) is 0.